The van der Waals surface area contributed by atoms with E-state index in [0.29, 0.717) is 69.1 Å². The minimum absolute atomic E-state index is 0.0637. The van der Waals surface area contributed by atoms with Crippen LogP contribution < -0.4 is 5.32 Å². The molecule has 1 aromatic rings. The van der Waals surface area contributed by atoms with Gasteiger partial charge < -0.3 is 15.1 Å². The molecule has 0 aromatic heterocycles. The molecule has 0 radical (unpaired) electrons. The molecule has 30 heavy (non-hydrogen) atoms. The lowest BCUT2D eigenvalue weighted by molar-refractivity contribution is -0.134. The second-order valence-corrected chi connectivity index (χ2v) is 10.2. The Kier molecular flexibility index (Phi) is 7.60. The van der Waals surface area contributed by atoms with Crippen LogP contribution in [0.25, 0.3) is 0 Å². The summed E-state index contributed by atoms with van der Waals surface area (Å²) in [4.78, 5) is 29.1. The van der Waals surface area contributed by atoms with Crippen molar-refractivity contribution in [2.75, 3.05) is 43.8 Å². The van der Waals surface area contributed by atoms with E-state index in [4.69, 9.17) is 11.6 Å². The van der Waals surface area contributed by atoms with E-state index in [1.165, 1.54) is 4.31 Å². The van der Waals surface area contributed by atoms with E-state index in [9.17, 15) is 18.0 Å². The van der Waals surface area contributed by atoms with Gasteiger partial charge in [0, 0.05) is 43.4 Å². The molecule has 1 aromatic carbocycles. The van der Waals surface area contributed by atoms with E-state index in [2.05, 4.69) is 5.32 Å². The normalized spacial score (nSPS) is 20.8. The second kappa shape index (κ2) is 9.98. The molecule has 2 aliphatic rings. The lowest BCUT2D eigenvalue weighted by Crippen LogP contribution is -2.49. The van der Waals surface area contributed by atoms with Gasteiger partial charge in [-0.15, -0.1) is 0 Å². The van der Waals surface area contributed by atoms with E-state index in [1.807, 2.05) is 6.92 Å². The summed E-state index contributed by atoms with van der Waals surface area (Å²) < 4.78 is 26.4. The summed E-state index contributed by atoms with van der Waals surface area (Å²) in [5, 5.41) is 3.37. The van der Waals surface area contributed by atoms with Gasteiger partial charge >= 0.3 is 6.03 Å². The number of anilines is 1. The second-order valence-electron chi connectivity index (χ2n) is 7.69. The number of sulfonamides is 1. The molecule has 0 spiro atoms. The van der Waals surface area contributed by atoms with Crippen molar-refractivity contribution in [2.45, 2.75) is 38.6 Å². The van der Waals surface area contributed by atoms with Crippen LogP contribution in [-0.2, 0) is 14.8 Å². The van der Waals surface area contributed by atoms with Crippen molar-refractivity contribution in [2.24, 2.45) is 0 Å². The number of nitrogens with zero attached hydrogens (tertiary/aromatic N) is 3. The highest BCUT2D eigenvalue weighted by atomic mass is 35.5. The van der Waals surface area contributed by atoms with Crippen LogP contribution in [0.2, 0.25) is 5.02 Å². The lowest BCUT2D eigenvalue weighted by Gasteiger charge is -2.29. The summed E-state index contributed by atoms with van der Waals surface area (Å²) in [5.41, 5.74) is 0.618. The van der Waals surface area contributed by atoms with E-state index < -0.39 is 16.1 Å². The molecule has 1 atom stereocenters. The van der Waals surface area contributed by atoms with E-state index in [-0.39, 0.29) is 17.7 Å². The van der Waals surface area contributed by atoms with Crippen LogP contribution in [0.1, 0.15) is 32.6 Å². The maximum absolute atomic E-state index is 13.1. The molecule has 1 N–H and O–H groups in total. The third kappa shape index (κ3) is 5.44. The highest BCUT2D eigenvalue weighted by Gasteiger charge is 2.40. The maximum Gasteiger partial charge on any atom is 0.321 e. The van der Waals surface area contributed by atoms with Crippen LogP contribution in [0.4, 0.5) is 10.5 Å². The fourth-order valence-electron chi connectivity index (χ4n) is 4.02. The average molecular weight is 457 g/mol. The van der Waals surface area contributed by atoms with Crippen LogP contribution in [0.5, 0.6) is 0 Å². The summed E-state index contributed by atoms with van der Waals surface area (Å²) >= 11 is 5.96. The van der Waals surface area contributed by atoms with E-state index in [1.54, 1.807) is 34.1 Å². The quantitative estimate of drug-likeness (QED) is 0.737. The van der Waals surface area contributed by atoms with Gasteiger partial charge in [-0.2, -0.15) is 4.31 Å². The van der Waals surface area contributed by atoms with Gasteiger partial charge in [0.1, 0.15) is 6.04 Å². The molecule has 166 valence electrons. The first-order valence-corrected chi connectivity index (χ1v) is 12.4. The first-order valence-electron chi connectivity index (χ1n) is 10.4. The molecule has 8 nitrogen and oxygen atoms in total. The molecule has 1 unspecified atom stereocenters. The number of amides is 3. The molecule has 3 amide bonds. The van der Waals surface area contributed by atoms with Gasteiger partial charge in [0.2, 0.25) is 15.9 Å². The molecule has 0 aliphatic carbocycles. The number of urea groups is 1. The monoisotopic (exact) mass is 456 g/mol. The fraction of sp³-hybridized carbons (Fsp3) is 0.600. The van der Waals surface area contributed by atoms with Crippen LogP contribution >= 0.6 is 11.6 Å². The van der Waals surface area contributed by atoms with Crippen LogP contribution in [-0.4, -0.2) is 79.0 Å². The summed E-state index contributed by atoms with van der Waals surface area (Å²) in [5.74, 6) is -0.0851. The molecule has 0 bridgehead atoms. The van der Waals surface area contributed by atoms with Crippen LogP contribution in [0.15, 0.2) is 24.3 Å². The highest BCUT2D eigenvalue weighted by molar-refractivity contribution is 7.89. The zero-order valence-corrected chi connectivity index (χ0v) is 18.8. The first kappa shape index (κ1) is 22.8. The number of hydrogen-bond donors (Lipinski definition) is 1. The van der Waals surface area contributed by atoms with Crippen molar-refractivity contribution in [1.82, 2.24) is 14.1 Å². The molecule has 10 heteroatoms. The molecule has 3 rings (SSSR count). The Bertz CT molecular complexity index is 879. The molecule has 2 heterocycles. The number of benzene rings is 1. The zero-order valence-electron chi connectivity index (χ0n) is 17.2. The smallest absolute Gasteiger partial charge is 0.321 e. The van der Waals surface area contributed by atoms with Crippen LogP contribution in [0.3, 0.4) is 0 Å². The van der Waals surface area contributed by atoms with Crippen molar-refractivity contribution in [3.8, 4) is 0 Å². The Morgan fingerprint density at radius 3 is 2.57 bits per heavy atom. The summed E-state index contributed by atoms with van der Waals surface area (Å²) in [6.07, 6.45) is 2.42. The number of rotatable bonds is 5. The van der Waals surface area contributed by atoms with Gasteiger partial charge in [-0.25, -0.2) is 13.2 Å². The predicted molar refractivity (Wildman–Crippen MR) is 117 cm³/mol. The fourth-order valence-corrected chi connectivity index (χ4v) is 5.95. The Morgan fingerprint density at radius 1 is 1.10 bits per heavy atom. The van der Waals surface area contributed by atoms with Crippen molar-refractivity contribution in [3.05, 3.63) is 29.3 Å². The highest BCUT2D eigenvalue weighted by Crippen LogP contribution is 2.24. The van der Waals surface area contributed by atoms with Gasteiger partial charge in [0.15, 0.2) is 0 Å². The summed E-state index contributed by atoms with van der Waals surface area (Å²) in [6.45, 7) is 4.05. The van der Waals surface area contributed by atoms with Gasteiger partial charge in [0.25, 0.3) is 0 Å². The lowest BCUT2D eigenvalue weighted by atomic mass is 10.2. The Hall–Kier alpha value is -1.84. The van der Waals surface area contributed by atoms with E-state index in [0.717, 1.165) is 0 Å². The Balaban J connectivity index is 1.60. The molecular weight excluding hydrogens is 428 g/mol. The topological polar surface area (TPSA) is 90.0 Å². The largest absolute Gasteiger partial charge is 0.339 e. The number of halogens is 1. The molecule has 2 saturated heterocycles. The van der Waals surface area contributed by atoms with E-state index >= 15 is 0 Å². The summed E-state index contributed by atoms with van der Waals surface area (Å²) in [6, 6.07) is 6.09. The summed E-state index contributed by atoms with van der Waals surface area (Å²) in [7, 11) is -3.41. The SMILES string of the molecule is CCCS(=O)(=O)N1CCCC1C(=O)N1CCCN(C(=O)Nc2cccc(Cl)c2)CC1. The standard InChI is InChI=1S/C20H29ClN4O4S/c1-2-14-30(28,29)25-11-4-8-18(25)19(26)23-9-5-10-24(13-12-23)20(27)22-17-7-3-6-16(21)15-17/h3,6-7,15,18H,2,4-5,8-14H2,1H3,(H,22,27). The van der Waals surface area contributed by atoms with Gasteiger partial charge in [-0.1, -0.05) is 24.6 Å². The maximum atomic E-state index is 13.1. The number of hydrogen-bond acceptors (Lipinski definition) is 4. The molecule has 0 saturated carbocycles. The molecular formula is C20H29ClN4O4S. The van der Waals surface area contributed by atoms with Gasteiger partial charge in [-0.3, -0.25) is 4.79 Å². The Labute approximate surface area is 183 Å². The zero-order chi connectivity index (χ0) is 21.7. The molecule has 2 aliphatic heterocycles. The number of carbonyl (C=O) groups excluding carboxylic acids is 2. The molecule has 2 fully saturated rings. The predicted octanol–water partition coefficient (Wildman–Crippen LogP) is 2.61. The van der Waals surface area contributed by atoms with Crippen molar-refractivity contribution in [3.63, 3.8) is 0 Å². The average Bonchev–Trinajstić information content (AvgIpc) is 3.06. The Morgan fingerprint density at radius 2 is 1.83 bits per heavy atom. The van der Waals surface area contributed by atoms with Crippen LogP contribution in [0, 0.1) is 0 Å². The van der Waals surface area contributed by atoms with Gasteiger partial charge in [0.05, 0.1) is 5.75 Å². The van der Waals surface area contributed by atoms with Crippen molar-refractivity contribution >= 4 is 39.2 Å². The van der Waals surface area contributed by atoms with Crippen molar-refractivity contribution in [1.29, 1.82) is 0 Å². The minimum atomic E-state index is -3.41. The number of nitrogens with one attached hydrogen (secondary N) is 1. The third-order valence-corrected chi connectivity index (χ3v) is 7.79. The minimum Gasteiger partial charge on any atom is -0.339 e. The van der Waals surface area contributed by atoms with Crippen molar-refractivity contribution < 1.29 is 18.0 Å². The van der Waals surface area contributed by atoms with Gasteiger partial charge in [-0.05, 0) is 43.9 Å². The number of carbonyl (C=O) groups is 2. The first-order chi connectivity index (χ1) is 14.3. The third-order valence-electron chi connectivity index (χ3n) is 5.48.